The van der Waals surface area contributed by atoms with E-state index >= 15 is 0 Å². The zero-order chi connectivity index (χ0) is 22.8. The average Bonchev–Trinajstić information content (AvgIpc) is 3.40. The highest BCUT2D eigenvalue weighted by Gasteiger charge is 2.34. The molecule has 1 unspecified atom stereocenters. The Morgan fingerprint density at radius 2 is 1.82 bits per heavy atom. The lowest BCUT2D eigenvalue weighted by Crippen LogP contribution is -2.24. The van der Waals surface area contributed by atoms with Crippen LogP contribution in [-0.2, 0) is 11.3 Å². The molecule has 0 bridgehead atoms. The van der Waals surface area contributed by atoms with Gasteiger partial charge in [0.2, 0.25) is 5.91 Å². The van der Waals surface area contributed by atoms with Gasteiger partial charge in [0.25, 0.3) is 0 Å². The summed E-state index contributed by atoms with van der Waals surface area (Å²) in [6, 6.07) is 23.6. The number of ether oxygens (including phenoxy) is 2. The van der Waals surface area contributed by atoms with Crippen LogP contribution in [-0.4, -0.2) is 35.7 Å². The van der Waals surface area contributed by atoms with Gasteiger partial charge in [-0.2, -0.15) is 0 Å². The molecule has 0 radical (unpaired) electrons. The zero-order valence-corrected chi connectivity index (χ0v) is 19.9. The number of hydrogen-bond acceptors (Lipinski definition) is 4. The highest BCUT2D eigenvalue weighted by atomic mass is 79.9. The summed E-state index contributed by atoms with van der Waals surface area (Å²) in [6.07, 6.45) is 0.434. The topological polar surface area (TPSA) is 56.6 Å². The molecule has 2 heterocycles. The van der Waals surface area contributed by atoms with E-state index < -0.39 is 0 Å². The van der Waals surface area contributed by atoms with Crippen molar-refractivity contribution in [2.75, 3.05) is 25.2 Å². The highest BCUT2D eigenvalue weighted by Crippen LogP contribution is 2.34. The van der Waals surface area contributed by atoms with Crippen molar-refractivity contribution in [1.82, 2.24) is 9.55 Å². The van der Waals surface area contributed by atoms with Gasteiger partial charge in [-0.15, -0.1) is 0 Å². The number of hydrogen-bond donors (Lipinski definition) is 0. The third-order valence-electron chi connectivity index (χ3n) is 5.94. The third kappa shape index (κ3) is 4.33. The number of rotatable bonds is 7. The number of anilines is 1. The number of aromatic nitrogens is 2. The second-order valence-electron chi connectivity index (χ2n) is 7.99. The Balaban J connectivity index is 1.41. The molecule has 3 aromatic carbocycles. The Hall–Kier alpha value is -3.32. The number of halogens is 1. The van der Waals surface area contributed by atoms with Crippen LogP contribution in [0.2, 0.25) is 0 Å². The summed E-state index contributed by atoms with van der Waals surface area (Å²) in [5.74, 6) is 2.46. The molecule has 1 saturated heterocycles. The fraction of sp³-hybridized carbons (Fsp3) is 0.231. The standard InChI is InChI=1S/C26H24BrN3O3/c1-32-23-11-4-5-12-24(23)33-14-13-29-22-10-3-2-9-21(22)28-26(29)18-15-25(31)30(17-18)20-8-6-7-19(27)16-20/h2-12,16,18H,13-15,17H2,1H3. The Bertz CT molecular complexity index is 1300. The van der Waals surface area contributed by atoms with E-state index in [2.05, 4.69) is 26.6 Å². The largest absolute Gasteiger partial charge is 0.493 e. The number of amides is 1. The lowest BCUT2D eigenvalue weighted by molar-refractivity contribution is -0.117. The number of fused-ring (bicyclic) bond motifs is 1. The number of nitrogens with zero attached hydrogens (tertiary/aromatic N) is 3. The Labute approximate surface area is 200 Å². The van der Waals surface area contributed by atoms with Crippen molar-refractivity contribution >= 4 is 38.6 Å². The normalized spacial score (nSPS) is 15.9. The van der Waals surface area contributed by atoms with Crippen molar-refractivity contribution in [3.05, 3.63) is 83.1 Å². The van der Waals surface area contributed by atoms with Gasteiger partial charge in [-0.3, -0.25) is 4.79 Å². The Morgan fingerprint density at radius 3 is 2.64 bits per heavy atom. The summed E-state index contributed by atoms with van der Waals surface area (Å²) in [5.41, 5.74) is 2.88. The molecule has 1 aromatic heterocycles. The molecule has 0 aliphatic carbocycles. The van der Waals surface area contributed by atoms with Crippen molar-refractivity contribution in [3.8, 4) is 11.5 Å². The number of carbonyl (C=O) groups excluding carboxylic acids is 1. The summed E-state index contributed by atoms with van der Waals surface area (Å²) in [5, 5.41) is 0. The van der Waals surface area contributed by atoms with Gasteiger partial charge in [0.1, 0.15) is 12.4 Å². The fourth-order valence-corrected chi connectivity index (χ4v) is 4.79. The van der Waals surface area contributed by atoms with Crippen LogP contribution in [0.1, 0.15) is 18.2 Å². The van der Waals surface area contributed by atoms with Crippen LogP contribution < -0.4 is 14.4 Å². The molecule has 1 aliphatic heterocycles. The van der Waals surface area contributed by atoms with Crippen molar-refractivity contribution in [2.24, 2.45) is 0 Å². The molecule has 5 rings (SSSR count). The van der Waals surface area contributed by atoms with Gasteiger partial charge in [0.15, 0.2) is 11.5 Å². The monoisotopic (exact) mass is 505 g/mol. The van der Waals surface area contributed by atoms with E-state index in [0.717, 1.165) is 27.0 Å². The first kappa shape index (κ1) is 21.5. The van der Waals surface area contributed by atoms with Crippen molar-refractivity contribution in [2.45, 2.75) is 18.9 Å². The van der Waals surface area contributed by atoms with Gasteiger partial charge in [0.05, 0.1) is 24.7 Å². The maximum Gasteiger partial charge on any atom is 0.227 e. The molecule has 6 nitrogen and oxygen atoms in total. The van der Waals surface area contributed by atoms with Crippen molar-refractivity contribution in [1.29, 1.82) is 0 Å². The molecular formula is C26H24BrN3O3. The highest BCUT2D eigenvalue weighted by molar-refractivity contribution is 9.10. The quantitative estimate of drug-likeness (QED) is 0.337. The summed E-state index contributed by atoms with van der Waals surface area (Å²) >= 11 is 3.50. The van der Waals surface area contributed by atoms with E-state index in [1.165, 1.54) is 0 Å². The molecule has 0 N–H and O–H groups in total. The van der Waals surface area contributed by atoms with Gasteiger partial charge < -0.3 is 18.9 Å². The van der Waals surface area contributed by atoms with Gasteiger partial charge in [-0.05, 0) is 42.5 Å². The fourth-order valence-electron chi connectivity index (χ4n) is 4.40. The van der Waals surface area contributed by atoms with E-state index in [1.807, 2.05) is 71.6 Å². The summed E-state index contributed by atoms with van der Waals surface area (Å²) in [4.78, 5) is 19.7. The lowest BCUT2D eigenvalue weighted by Gasteiger charge is -2.18. The lowest BCUT2D eigenvalue weighted by atomic mass is 10.1. The molecular weight excluding hydrogens is 482 g/mol. The molecule has 168 valence electrons. The minimum Gasteiger partial charge on any atom is -0.493 e. The number of imidazole rings is 1. The molecule has 4 aromatic rings. The molecule has 1 atom stereocenters. The average molecular weight is 506 g/mol. The molecule has 1 fully saturated rings. The van der Waals surface area contributed by atoms with Crippen LogP contribution in [0.3, 0.4) is 0 Å². The molecule has 1 aliphatic rings. The van der Waals surface area contributed by atoms with E-state index in [-0.39, 0.29) is 11.8 Å². The smallest absolute Gasteiger partial charge is 0.227 e. The first-order chi connectivity index (χ1) is 16.1. The summed E-state index contributed by atoms with van der Waals surface area (Å²) < 4.78 is 14.6. The van der Waals surface area contributed by atoms with E-state index in [0.29, 0.717) is 37.6 Å². The minimum atomic E-state index is 0.00939. The van der Waals surface area contributed by atoms with E-state index in [1.54, 1.807) is 7.11 Å². The summed E-state index contributed by atoms with van der Waals surface area (Å²) in [7, 11) is 1.64. The summed E-state index contributed by atoms with van der Waals surface area (Å²) in [6.45, 7) is 1.69. The predicted octanol–water partition coefficient (Wildman–Crippen LogP) is 5.41. The van der Waals surface area contributed by atoms with Crippen LogP contribution in [0.4, 0.5) is 5.69 Å². The van der Waals surface area contributed by atoms with Crippen LogP contribution >= 0.6 is 15.9 Å². The zero-order valence-electron chi connectivity index (χ0n) is 18.3. The molecule has 0 spiro atoms. The first-order valence-corrected chi connectivity index (χ1v) is 11.7. The second kappa shape index (κ2) is 9.27. The van der Waals surface area contributed by atoms with E-state index in [9.17, 15) is 4.79 Å². The second-order valence-corrected chi connectivity index (χ2v) is 8.91. The van der Waals surface area contributed by atoms with Crippen molar-refractivity contribution in [3.63, 3.8) is 0 Å². The molecule has 1 amide bonds. The van der Waals surface area contributed by atoms with Crippen LogP contribution in [0.25, 0.3) is 11.0 Å². The van der Waals surface area contributed by atoms with Crippen molar-refractivity contribution < 1.29 is 14.3 Å². The van der Waals surface area contributed by atoms with Crippen LogP contribution in [0.5, 0.6) is 11.5 Å². The van der Waals surface area contributed by atoms with Crippen LogP contribution in [0.15, 0.2) is 77.3 Å². The Morgan fingerprint density at radius 1 is 1.03 bits per heavy atom. The van der Waals surface area contributed by atoms with Gasteiger partial charge in [0, 0.05) is 29.0 Å². The number of carbonyl (C=O) groups is 1. The third-order valence-corrected chi connectivity index (χ3v) is 6.43. The molecule has 7 heteroatoms. The van der Waals surface area contributed by atoms with Gasteiger partial charge in [-0.1, -0.05) is 46.3 Å². The number of benzene rings is 3. The Kier molecular flexibility index (Phi) is 6.05. The first-order valence-electron chi connectivity index (χ1n) is 10.9. The van der Waals surface area contributed by atoms with Crippen LogP contribution in [0, 0.1) is 0 Å². The predicted molar refractivity (Wildman–Crippen MR) is 132 cm³/mol. The van der Waals surface area contributed by atoms with Gasteiger partial charge >= 0.3 is 0 Å². The minimum absolute atomic E-state index is 0.00939. The molecule has 0 saturated carbocycles. The molecule has 33 heavy (non-hydrogen) atoms. The maximum absolute atomic E-state index is 12.9. The SMILES string of the molecule is COc1ccccc1OCCn1c(C2CC(=O)N(c3cccc(Br)c3)C2)nc2ccccc21. The maximum atomic E-state index is 12.9. The number of methoxy groups -OCH3 is 1. The van der Waals surface area contributed by atoms with Gasteiger partial charge in [-0.25, -0.2) is 4.98 Å². The van der Waals surface area contributed by atoms with E-state index in [4.69, 9.17) is 14.5 Å². The number of para-hydroxylation sites is 4.